The van der Waals surface area contributed by atoms with Gasteiger partial charge in [-0.25, -0.2) is 9.89 Å². The van der Waals surface area contributed by atoms with Gasteiger partial charge in [0, 0.05) is 6.07 Å². The minimum atomic E-state index is -0.568. The summed E-state index contributed by atoms with van der Waals surface area (Å²) in [4.78, 5) is 21.2. The molecule has 0 fully saturated rings. The molecule has 0 saturated heterocycles. The SMILES string of the molecule is COC(=O)c1ccc(=O)[nH]n1.Cl. The van der Waals surface area contributed by atoms with Crippen LogP contribution in [0.4, 0.5) is 0 Å². The highest BCUT2D eigenvalue weighted by Crippen LogP contribution is 1.89. The van der Waals surface area contributed by atoms with Gasteiger partial charge < -0.3 is 4.74 Å². The summed E-state index contributed by atoms with van der Waals surface area (Å²) in [5.41, 5.74) is -0.259. The van der Waals surface area contributed by atoms with E-state index < -0.39 is 5.97 Å². The van der Waals surface area contributed by atoms with Crippen LogP contribution in [0.25, 0.3) is 0 Å². The number of hydrogen-bond donors (Lipinski definition) is 1. The van der Waals surface area contributed by atoms with Crippen LogP contribution in [0.1, 0.15) is 10.5 Å². The summed E-state index contributed by atoms with van der Waals surface area (Å²) in [7, 11) is 1.25. The van der Waals surface area contributed by atoms with E-state index in [0.29, 0.717) is 0 Å². The molecular weight excluding hydrogens is 184 g/mol. The highest BCUT2D eigenvalue weighted by molar-refractivity contribution is 5.86. The fourth-order valence-electron chi connectivity index (χ4n) is 0.563. The molecule has 0 aliphatic rings. The third-order valence-electron chi connectivity index (χ3n) is 1.07. The van der Waals surface area contributed by atoms with Gasteiger partial charge in [-0.1, -0.05) is 0 Å². The van der Waals surface area contributed by atoms with Crippen molar-refractivity contribution in [2.75, 3.05) is 7.11 Å². The number of nitrogens with one attached hydrogen (secondary N) is 1. The number of aromatic nitrogens is 2. The maximum absolute atomic E-state index is 10.7. The van der Waals surface area contributed by atoms with Crippen molar-refractivity contribution in [2.24, 2.45) is 0 Å². The van der Waals surface area contributed by atoms with Crippen molar-refractivity contribution in [3.63, 3.8) is 0 Å². The molecule has 0 spiro atoms. The molecule has 0 aliphatic heterocycles. The third kappa shape index (κ3) is 2.35. The lowest BCUT2D eigenvalue weighted by Crippen LogP contribution is -2.12. The normalized spacial score (nSPS) is 8.42. The molecular formula is C6H7ClN2O3. The van der Waals surface area contributed by atoms with Crippen LogP contribution >= 0.6 is 12.4 Å². The van der Waals surface area contributed by atoms with Gasteiger partial charge in [-0.05, 0) is 6.07 Å². The number of methoxy groups -OCH3 is 1. The number of H-pyrrole nitrogens is 1. The summed E-state index contributed by atoms with van der Waals surface area (Å²) in [6.07, 6.45) is 0. The smallest absolute Gasteiger partial charge is 0.358 e. The molecule has 0 aromatic carbocycles. The van der Waals surface area contributed by atoms with E-state index in [1.807, 2.05) is 0 Å². The lowest BCUT2D eigenvalue weighted by Gasteiger charge is -1.94. The van der Waals surface area contributed by atoms with Crippen LogP contribution < -0.4 is 5.56 Å². The fraction of sp³-hybridized carbons (Fsp3) is 0.167. The maximum Gasteiger partial charge on any atom is 0.358 e. The Morgan fingerprint density at radius 2 is 2.25 bits per heavy atom. The van der Waals surface area contributed by atoms with E-state index in [1.165, 1.54) is 19.2 Å². The number of ether oxygens (including phenoxy) is 1. The number of halogens is 1. The molecule has 0 atom stereocenters. The summed E-state index contributed by atoms with van der Waals surface area (Å²) in [6.45, 7) is 0. The molecule has 0 unspecified atom stereocenters. The lowest BCUT2D eigenvalue weighted by molar-refractivity contribution is 0.0592. The number of rotatable bonds is 1. The number of aromatic amines is 1. The number of nitrogens with zero attached hydrogens (tertiary/aromatic N) is 1. The molecule has 1 rings (SSSR count). The molecule has 1 aromatic heterocycles. The van der Waals surface area contributed by atoms with Gasteiger partial charge >= 0.3 is 5.97 Å². The minimum absolute atomic E-state index is 0. The molecule has 1 N–H and O–H groups in total. The van der Waals surface area contributed by atoms with Gasteiger partial charge in [0.1, 0.15) is 0 Å². The summed E-state index contributed by atoms with van der Waals surface area (Å²) in [5, 5.41) is 5.55. The number of hydrogen-bond acceptors (Lipinski definition) is 4. The highest BCUT2D eigenvalue weighted by atomic mass is 35.5. The Kier molecular flexibility index (Phi) is 3.99. The first kappa shape index (κ1) is 10.6. The van der Waals surface area contributed by atoms with Gasteiger partial charge in [0.05, 0.1) is 7.11 Å². The Labute approximate surface area is 74.2 Å². The monoisotopic (exact) mass is 190 g/mol. The second-order valence-electron chi connectivity index (χ2n) is 1.80. The molecule has 66 valence electrons. The first-order valence-electron chi connectivity index (χ1n) is 2.88. The Bertz CT molecular complexity index is 302. The summed E-state index contributed by atoms with van der Waals surface area (Å²) < 4.78 is 4.35. The van der Waals surface area contributed by atoms with Crippen LogP contribution in [0.5, 0.6) is 0 Å². The molecule has 12 heavy (non-hydrogen) atoms. The van der Waals surface area contributed by atoms with Crippen molar-refractivity contribution in [1.82, 2.24) is 10.2 Å². The topological polar surface area (TPSA) is 72.1 Å². The van der Waals surface area contributed by atoms with Crippen LogP contribution in [-0.2, 0) is 4.74 Å². The van der Waals surface area contributed by atoms with E-state index in [-0.39, 0.29) is 23.7 Å². The van der Waals surface area contributed by atoms with E-state index in [2.05, 4.69) is 14.9 Å². The third-order valence-corrected chi connectivity index (χ3v) is 1.07. The molecule has 0 saturated carbocycles. The first-order chi connectivity index (χ1) is 5.24. The molecule has 0 bridgehead atoms. The van der Waals surface area contributed by atoms with Crippen molar-refractivity contribution in [3.8, 4) is 0 Å². The van der Waals surface area contributed by atoms with E-state index >= 15 is 0 Å². The molecule has 1 heterocycles. The molecule has 0 aliphatic carbocycles. The summed E-state index contributed by atoms with van der Waals surface area (Å²) in [6, 6.07) is 2.50. The van der Waals surface area contributed by atoms with E-state index in [1.54, 1.807) is 0 Å². The van der Waals surface area contributed by atoms with Crippen LogP contribution in [0.15, 0.2) is 16.9 Å². The molecule has 1 aromatic rings. The predicted octanol–water partition coefficient (Wildman–Crippen LogP) is -0.0217. The highest BCUT2D eigenvalue weighted by Gasteiger charge is 2.04. The fourth-order valence-corrected chi connectivity index (χ4v) is 0.563. The van der Waals surface area contributed by atoms with Crippen molar-refractivity contribution < 1.29 is 9.53 Å². The first-order valence-corrected chi connectivity index (χ1v) is 2.88. The average molecular weight is 191 g/mol. The second kappa shape index (κ2) is 4.50. The van der Waals surface area contributed by atoms with Gasteiger partial charge in [-0.3, -0.25) is 4.79 Å². The molecule has 0 radical (unpaired) electrons. The maximum atomic E-state index is 10.7. The Hall–Kier alpha value is -1.36. The summed E-state index contributed by atoms with van der Waals surface area (Å²) >= 11 is 0. The summed E-state index contributed by atoms with van der Waals surface area (Å²) in [5.74, 6) is -0.568. The zero-order valence-corrected chi connectivity index (χ0v) is 7.05. The van der Waals surface area contributed by atoms with Gasteiger partial charge in [-0.2, -0.15) is 5.10 Å². The predicted molar refractivity (Wildman–Crippen MR) is 43.4 cm³/mol. The second-order valence-corrected chi connectivity index (χ2v) is 1.80. The Morgan fingerprint density at radius 1 is 1.58 bits per heavy atom. The molecule has 5 nitrogen and oxygen atoms in total. The zero-order chi connectivity index (χ0) is 8.27. The van der Waals surface area contributed by atoms with Crippen molar-refractivity contribution in [1.29, 1.82) is 0 Å². The Morgan fingerprint density at radius 3 is 2.67 bits per heavy atom. The van der Waals surface area contributed by atoms with Crippen molar-refractivity contribution in [2.45, 2.75) is 0 Å². The molecule has 0 amide bonds. The van der Waals surface area contributed by atoms with Gasteiger partial charge in [-0.15, -0.1) is 12.4 Å². The minimum Gasteiger partial charge on any atom is -0.464 e. The van der Waals surface area contributed by atoms with E-state index in [0.717, 1.165) is 0 Å². The number of carbonyl (C=O) groups is 1. The van der Waals surface area contributed by atoms with Gasteiger partial charge in [0.2, 0.25) is 0 Å². The van der Waals surface area contributed by atoms with Crippen molar-refractivity contribution in [3.05, 3.63) is 28.2 Å². The Balaban J connectivity index is 0.00000121. The van der Waals surface area contributed by atoms with E-state index in [4.69, 9.17) is 0 Å². The standard InChI is InChI=1S/C6H6N2O3.ClH/c1-11-6(10)4-2-3-5(9)8-7-4;/h2-3H,1H3,(H,8,9);1H. The lowest BCUT2D eigenvalue weighted by atomic mass is 10.4. The quantitative estimate of drug-likeness (QED) is 0.632. The van der Waals surface area contributed by atoms with E-state index in [9.17, 15) is 9.59 Å². The van der Waals surface area contributed by atoms with Crippen LogP contribution in [0.3, 0.4) is 0 Å². The zero-order valence-electron chi connectivity index (χ0n) is 6.23. The van der Waals surface area contributed by atoms with Gasteiger partial charge in [0.25, 0.3) is 5.56 Å². The number of carbonyl (C=O) groups excluding carboxylic acids is 1. The van der Waals surface area contributed by atoms with Crippen LogP contribution in [0.2, 0.25) is 0 Å². The van der Waals surface area contributed by atoms with Crippen molar-refractivity contribution >= 4 is 18.4 Å². The van der Waals surface area contributed by atoms with Crippen LogP contribution in [-0.4, -0.2) is 23.3 Å². The molecule has 6 heteroatoms. The number of esters is 1. The van der Waals surface area contributed by atoms with Crippen LogP contribution in [0, 0.1) is 0 Å². The van der Waals surface area contributed by atoms with Gasteiger partial charge in [0.15, 0.2) is 5.69 Å². The largest absolute Gasteiger partial charge is 0.464 e. The average Bonchev–Trinajstić information content (AvgIpc) is 2.05.